The summed E-state index contributed by atoms with van der Waals surface area (Å²) in [5, 5.41) is 3.08. The highest BCUT2D eigenvalue weighted by Gasteiger charge is 2.36. The maximum atomic E-state index is 15.4. The molecule has 0 radical (unpaired) electrons. The van der Waals surface area contributed by atoms with E-state index in [-0.39, 0.29) is 23.4 Å². The number of halogens is 2. The van der Waals surface area contributed by atoms with Crippen molar-refractivity contribution in [1.82, 2.24) is 19.9 Å². The van der Waals surface area contributed by atoms with Crippen LogP contribution < -0.4 is 15.0 Å². The SMILES string of the molecule is CCC(C)N1CC(C)(C)Oc2c(F)cc(-c3nc(Nc4ccc(C5CC(C)N(C)C(C)C5)cn4)ncc3F)cc21. The molecule has 1 fully saturated rings. The molecule has 9 heteroatoms. The van der Waals surface area contributed by atoms with Gasteiger partial charge in [-0.2, -0.15) is 0 Å². The molecule has 0 bridgehead atoms. The van der Waals surface area contributed by atoms with E-state index in [9.17, 15) is 0 Å². The van der Waals surface area contributed by atoms with Gasteiger partial charge in [0.1, 0.15) is 17.1 Å². The minimum absolute atomic E-state index is 0.0130. The average molecular weight is 551 g/mol. The van der Waals surface area contributed by atoms with Crippen LogP contribution in [-0.4, -0.2) is 57.2 Å². The Kier molecular flexibility index (Phi) is 7.70. The smallest absolute Gasteiger partial charge is 0.229 e. The van der Waals surface area contributed by atoms with Crippen molar-refractivity contribution in [3.8, 4) is 17.0 Å². The lowest BCUT2D eigenvalue weighted by Crippen LogP contribution is -2.50. The highest BCUT2D eigenvalue weighted by Crippen LogP contribution is 2.43. The first-order valence-electron chi connectivity index (χ1n) is 14.2. The Morgan fingerprint density at radius 3 is 2.45 bits per heavy atom. The van der Waals surface area contributed by atoms with Gasteiger partial charge in [0.15, 0.2) is 17.4 Å². The normalized spacial score (nSPS) is 23.3. The fourth-order valence-electron chi connectivity index (χ4n) is 5.87. The van der Waals surface area contributed by atoms with Gasteiger partial charge in [-0.15, -0.1) is 0 Å². The summed E-state index contributed by atoms with van der Waals surface area (Å²) < 4.78 is 36.4. The third kappa shape index (κ3) is 5.61. The molecule has 5 rings (SSSR count). The molecule has 1 saturated heterocycles. The van der Waals surface area contributed by atoms with E-state index < -0.39 is 17.2 Å². The van der Waals surface area contributed by atoms with E-state index in [1.807, 2.05) is 26.1 Å². The molecule has 2 aliphatic rings. The van der Waals surface area contributed by atoms with Gasteiger partial charge in [-0.3, -0.25) is 0 Å². The fourth-order valence-corrected chi connectivity index (χ4v) is 5.87. The first-order chi connectivity index (χ1) is 19.0. The number of hydrogen-bond donors (Lipinski definition) is 1. The van der Waals surface area contributed by atoms with Crippen LogP contribution in [0.1, 0.15) is 72.3 Å². The van der Waals surface area contributed by atoms with Gasteiger partial charge >= 0.3 is 0 Å². The Morgan fingerprint density at radius 2 is 1.80 bits per heavy atom. The Bertz CT molecular complexity index is 1350. The molecule has 1 aromatic carbocycles. The molecule has 2 aromatic heterocycles. The maximum absolute atomic E-state index is 15.4. The summed E-state index contributed by atoms with van der Waals surface area (Å²) >= 11 is 0. The Hall–Kier alpha value is -3.33. The molecule has 0 amide bonds. The zero-order valence-electron chi connectivity index (χ0n) is 24.5. The minimum atomic E-state index is -0.633. The van der Waals surface area contributed by atoms with E-state index >= 15 is 8.78 Å². The molecule has 4 heterocycles. The zero-order chi connectivity index (χ0) is 28.8. The van der Waals surface area contributed by atoms with Gasteiger partial charge in [0.25, 0.3) is 0 Å². The van der Waals surface area contributed by atoms with E-state index in [0.29, 0.717) is 41.6 Å². The van der Waals surface area contributed by atoms with Crippen LogP contribution in [0.3, 0.4) is 0 Å². The summed E-state index contributed by atoms with van der Waals surface area (Å²) in [6, 6.07) is 8.20. The van der Waals surface area contributed by atoms with E-state index in [1.54, 1.807) is 6.07 Å². The molecule has 40 heavy (non-hydrogen) atoms. The van der Waals surface area contributed by atoms with Crippen LogP contribution in [0, 0.1) is 11.6 Å². The van der Waals surface area contributed by atoms with Crippen LogP contribution >= 0.6 is 0 Å². The molecule has 3 unspecified atom stereocenters. The number of aromatic nitrogens is 3. The third-order valence-electron chi connectivity index (χ3n) is 8.54. The summed E-state index contributed by atoms with van der Waals surface area (Å²) in [6.07, 6.45) is 6.05. The monoisotopic (exact) mass is 550 g/mol. The van der Waals surface area contributed by atoms with Gasteiger partial charge < -0.3 is 19.9 Å². The van der Waals surface area contributed by atoms with Crippen molar-refractivity contribution in [3.05, 3.63) is 53.9 Å². The molecule has 3 aromatic rings. The zero-order valence-corrected chi connectivity index (χ0v) is 24.5. The van der Waals surface area contributed by atoms with Crippen molar-refractivity contribution >= 4 is 17.5 Å². The summed E-state index contributed by atoms with van der Waals surface area (Å²) in [6.45, 7) is 13.2. The molecule has 1 N–H and O–H groups in total. The van der Waals surface area contributed by atoms with Crippen LogP contribution in [0.5, 0.6) is 5.75 Å². The van der Waals surface area contributed by atoms with Gasteiger partial charge in [-0.25, -0.2) is 23.7 Å². The quantitative estimate of drug-likeness (QED) is 0.357. The van der Waals surface area contributed by atoms with E-state index in [4.69, 9.17) is 4.74 Å². The van der Waals surface area contributed by atoms with Crippen molar-refractivity contribution in [3.63, 3.8) is 0 Å². The van der Waals surface area contributed by atoms with Gasteiger partial charge in [-0.05, 0) is 90.6 Å². The lowest BCUT2D eigenvalue weighted by molar-refractivity contribution is 0.0960. The number of likely N-dealkylation sites (tertiary alicyclic amines) is 1. The van der Waals surface area contributed by atoms with Crippen molar-refractivity contribution in [1.29, 1.82) is 0 Å². The standard InChI is InChI=1S/C31H40F2N6O/c1-8-18(2)39-17-31(5,6)40-29-24(32)13-23(14-26(29)39)28-25(33)16-35-30(37-28)36-27-10-9-21(15-34-27)22-11-19(3)38(7)20(4)12-22/h9-10,13-16,18-20,22H,8,11-12,17H2,1-7H3,(H,34,35,36,37). The van der Waals surface area contributed by atoms with Crippen LogP contribution in [0.25, 0.3) is 11.3 Å². The molecule has 2 aliphatic heterocycles. The first-order valence-corrected chi connectivity index (χ1v) is 14.2. The third-order valence-corrected chi connectivity index (χ3v) is 8.54. The van der Waals surface area contributed by atoms with Crippen molar-refractivity contribution < 1.29 is 13.5 Å². The predicted octanol–water partition coefficient (Wildman–Crippen LogP) is 6.92. The molecule has 214 valence electrons. The minimum Gasteiger partial charge on any atom is -0.481 e. The molecule has 7 nitrogen and oxygen atoms in total. The highest BCUT2D eigenvalue weighted by molar-refractivity contribution is 5.73. The van der Waals surface area contributed by atoms with Gasteiger partial charge in [0.2, 0.25) is 5.95 Å². The van der Waals surface area contributed by atoms with E-state index in [1.165, 1.54) is 11.6 Å². The summed E-state index contributed by atoms with van der Waals surface area (Å²) in [7, 11) is 2.18. The first kappa shape index (κ1) is 28.2. The van der Waals surface area contributed by atoms with Crippen molar-refractivity contribution in [2.24, 2.45) is 0 Å². The molecule has 0 aliphatic carbocycles. The number of fused-ring (bicyclic) bond motifs is 1. The average Bonchev–Trinajstić information content (AvgIpc) is 2.92. The number of nitrogens with one attached hydrogen (secondary N) is 1. The summed E-state index contributed by atoms with van der Waals surface area (Å²) in [5.74, 6) is 0.213. The Morgan fingerprint density at radius 1 is 1.07 bits per heavy atom. The number of pyridine rings is 1. The molecular weight excluding hydrogens is 510 g/mol. The molecule has 0 saturated carbocycles. The number of nitrogens with zero attached hydrogens (tertiary/aromatic N) is 5. The lowest BCUT2D eigenvalue weighted by Gasteiger charge is -2.44. The molecule has 0 spiro atoms. The molecular formula is C31H40F2N6O. The van der Waals surface area contributed by atoms with Crippen molar-refractivity contribution in [2.45, 2.75) is 90.4 Å². The summed E-state index contributed by atoms with van der Waals surface area (Å²) in [5.41, 5.74) is 1.59. The highest BCUT2D eigenvalue weighted by atomic mass is 19.1. The van der Waals surface area contributed by atoms with Gasteiger partial charge in [0.05, 0.1) is 18.4 Å². The largest absolute Gasteiger partial charge is 0.481 e. The second-order valence-corrected chi connectivity index (χ2v) is 12.1. The van der Waals surface area contributed by atoms with Crippen LogP contribution in [0.2, 0.25) is 0 Å². The van der Waals surface area contributed by atoms with Crippen LogP contribution in [0.4, 0.5) is 26.2 Å². The number of benzene rings is 1. The number of ether oxygens (including phenoxy) is 1. The second kappa shape index (κ2) is 10.9. The number of piperidine rings is 1. The number of anilines is 3. The van der Waals surface area contributed by atoms with Gasteiger partial charge in [-0.1, -0.05) is 13.0 Å². The van der Waals surface area contributed by atoms with Crippen molar-refractivity contribution in [2.75, 3.05) is 23.8 Å². The second-order valence-electron chi connectivity index (χ2n) is 12.1. The Labute approximate surface area is 236 Å². The molecule has 3 atom stereocenters. The van der Waals surface area contributed by atoms with Crippen LogP contribution in [0.15, 0.2) is 36.7 Å². The summed E-state index contributed by atoms with van der Waals surface area (Å²) in [4.78, 5) is 17.7. The topological polar surface area (TPSA) is 66.4 Å². The lowest BCUT2D eigenvalue weighted by atomic mass is 9.83. The van der Waals surface area contributed by atoms with Gasteiger partial charge in [0, 0.05) is 29.9 Å². The van der Waals surface area contributed by atoms with Crippen LogP contribution in [-0.2, 0) is 0 Å². The fraction of sp³-hybridized carbons (Fsp3) is 0.516. The Balaban J connectivity index is 1.40. The maximum Gasteiger partial charge on any atom is 0.229 e. The number of rotatable bonds is 6. The van der Waals surface area contributed by atoms with E-state index in [2.05, 4.69) is 70.9 Å². The predicted molar refractivity (Wildman–Crippen MR) is 155 cm³/mol. The number of hydrogen-bond acceptors (Lipinski definition) is 7. The van der Waals surface area contributed by atoms with E-state index in [0.717, 1.165) is 25.5 Å².